The van der Waals surface area contributed by atoms with E-state index in [9.17, 15) is 41.1 Å². The van der Waals surface area contributed by atoms with Gasteiger partial charge in [-0.25, -0.2) is 8.42 Å². The summed E-state index contributed by atoms with van der Waals surface area (Å²) in [6.45, 7) is 2.14. The zero-order valence-corrected chi connectivity index (χ0v) is 40.9. The summed E-state index contributed by atoms with van der Waals surface area (Å²) in [6.07, 6.45) is 1.15. The lowest BCUT2D eigenvalue weighted by Gasteiger charge is -2.36. The molecule has 12 nitrogen and oxygen atoms in total. The molecule has 0 radical (unpaired) electrons. The van der Waals surface area contributed by atoms with E-state index in [0.717, 1.165) is 46.2 Å². The molecule has 5 aromatic carbocycles. The lowest BCUT2D eigenvalue weighted by Crippen LogP contribution is -2.35. The second-order valence-corrected chi connectivity index (χ2v) is 20.9. The number of benzene rings is 5. The SMILES string of the molecule is CN(CCOC(=O)CCCC(=O)O)CC[C@H](CSc1ccccc1)Nc1ccc(SNC(=O)c2ccc(N3CCC([C@@H](O)c4ccccc4-c4ccc(Cl)cc4)CC3)cc2)cc1S(=O)(=O)C(F)(F)F. The summed E-state index contributed by atoms with van der Waals surface area (Å²) in [5.41, 5.74) is -1.91. The molecule has 69 heavy (non-hydrogen) atoms. The van der Waals surface area contributed by atoms with Gasteiger partial charge in [-0.1, -0.05) is 66.2 Å². The second kappa shape index (κ2) is 25.0. The number of carboxylic acid groups (broad SMARTS) is 1. The van der Waals surface area contributed by atoms with Crippen molar-refractivity contribution in [1.82, 2.24) is 9.62 Å². The summed E-state index contributed by atoms with van der Waals surface area (Å²) in [5, 5.41) is 24.0. The first-order chi connectivity index (χ1) is 33.0. The molecular weight excluding hydrogens is 973 g/mol. The van der Waals surface area contributed by atoms with Crippen molar-refractivity contribution in [3.05, 3.63) is 137 Å². The third-order valence-electron chi connectivity index (χ3n) is 11.6. The number of esters is 1. The van der Waals surface area contributed by atoms with Gasteiger partial charge in [-0.3, -0.25) is 19.1 Å². The van der Waals surface area contributed by atoms with Crippen LogP contribution in [0.5, 0.6) is 0 Å². The highest BCUT2D eigenvalue weighted by Crippen LogP contribution is 2.39. The molecule has 2 atom stereocenters. The molecule has 1 saturated heterocycles. The van der Waals surface area contributed by atoms with Crippen LogP contribution in [0.4, 0.5) is 24.5 Å². The van der Waals surface area contributed by atoms with Crippen molar-refractivity contribution in [2.75, 3.05) is 55.8 Å². The number of aliphatic carboxylic acids is 1. The predicted octanol–water partition coefficient (Wildman–Crippen LogP) is 10.4. The number of likely N-dealkylation sites (N-methyl/N-ethyl adjacent to an activating group) is 1. The van der Waals surface area contributed by atoms with Gasteiger partial charge in [0.1, 0.15) is 11.5 Å². The average molecular weight is 1030 g/mol. The molecule has 1 aliphatic heterocycles. The Bertz CT molecular complexity index is 2610. The van der Waals surface area contributed by atoms with Crippen LogP contribution in [0.2, 0.25) is 5.02 Å². The Morgan fingerprint density at radius 2 is 1.57 bits per heavy atom. The second-order valence-electron chi connectivity index (χ2n) is 16.6. The standard InChI is InChI=1S/C50H54ClF3N4O8S3/c1-57(30-31-66-47(61)13-7-12-46(59)60)27-26-38(33-67-40-8-3-2-4-9-40)55-44-23-22-41(32-45(44)69(64,65)50(52,53)54)68-56-49(63)36-16-20-39(21-17-36)58-28-24-35(25-29-58)48(62)43-11-6-5-10-42(43)34-14-18-37(51)19-15-34/h2-6,8-11,14-23,32,35,38,48,55,62H,7,12-13,24-31,33H2,1H3,(H,56,63)(H,59,60)/t38-,48-/m1/s1. The van der Waals surface area contributed by atoms with E-state index in [1.165, 1.54) is 23.9 Å². The van der Waals surface area contributed by atoms with E-state index in [0.29, 0.717) is 55.3 Å². The fourth-order valence-electron chi connectivity index (χ4n) is 7.78. The number of carbonyl (C=O) groups is 3. The number of amides is 1. The van der Waals surface area contributed by atoms with E-state index in [2.05, 4.69) is 14.9 Å². The number of alkyl halides is 3. The predicted molar refractivity (Wildman–Crippen MR) is 265 cm³/mol. The Hall–Kier alpha value is -5.24. The lowest BCUT2D eigenvalue weighted by atomic mass is 9.84. The van der Waals surface area contributed by atoms with Gasteiger partial charge in [0.05, 0.1) is 11.8 Å². The van der Waals surface area contributed by atoms with Crippen LogP contribution in [0.25, 0.3) is 11.1 Å². The van der Waals surface area contributed by atoms with Gasteiger partial charge in [0, 0.05) is 70.3 Å². The molecule has 0 aromatic heterocycles. The smallest absolute Gasteiger partial charge is 0.481 e. The molecule has 0 unspecified atom stereocenters. The summed E-state index contributed by atoms with van der Waals surface area (Å²) >= 11 is 8.24. The molecule has 368 valence electrons. The number of nitrogens with one attached hydrogen (secondary N) is 2. The van der Waals surface area contributed by atoms with Crippen molar-refractivity contribution in [2.24, 2.45) is 5.92 Å². The van der Waals surface area contributed by atoms with Gasteiger partial charge in [-0.2, -0.15) is 13.2 Å². The van der Waals surface area contributed by atoms with Crippen molar-refractivity contribution < 1.29 is 50.9 Å². The van der Waals surface area contributed by atoms with E-state index in [1.54, 1.807) is 19.2 Å². The number of aliphatic hydroxyl groups excluding tert-OH is 1. The Labute approximate surface area is 414 Å². The Balaban J connectivity index is 1.07. The van der Waals surface area contributed by atoms with Crippen molar-refractivity contribution in [3.8, 4) is 11.1 Å². The van der Waals surface area contributed by atoms with Gasteiger partial charge in [-0.05, 0) is 141 Å². The number of hydrogen-bond acceptors (Lipinski definition) is 12. The maximum atomic E-state index is 14.2. The third kappa shape index (κ3) is 15.4. The van der Waals surface area contributed by atoms with Crippen molar-refractivity contribution in [3.63, 3.8) is 0 Å². The minimum Gasteiger partial charge on any atom is -0.481 e. The van der Waals surface area contributed by atoms with Gasteiger partial charge in [0.2, 0.25) is 0 Å². The highest BCUT2D eigenvalue weighted by Gasteiger charge is 2.48. The fourth-order valence-corrected chi connectivity index (χ4v) is 10.6. The molecule has 4 N–H and O–H groups in total. The molecule has 1 fully saturated rings. The number of rotatable bonds is 23. The third-order valence-corrected chi connectivity index (χ3v) is 15.4. The molecule has 19 heteroatoms. The largest absolute Gasteiger partial charge is 0.501 e. The van der Waals surface area contributed by atoms with Gasteiger partial charge in [-0.15, -0.1) is 11.8 Å². The monoisotopic (exact) mass is 1030 g/mol. The van der Waals surface area contributed by atoms with Crippen LogP contribution in [-0.4, -0.2) is 98.5 Å². The molecular formula is C50H54ClF3N4O8S3. The Morgan fingerprint density at radius 1 is 0.884 bits per heavy atom. The zero-order valence-electron chi connectivity index (χ0n) is 37.7. The van der Waals surface area contributed by atoms with Gasteiger partial charge >= 0.3 is 17.4 Å². The van der Waals surface area contributed by atoms with E-state index in [1.807, 2.05) is 95.9 Å². The zero-order chi connectivity index (χ0) is 49.6. The first-order valence-corrected chi connectivity index (χ1v) is 26.0. The highest BCUT2D eigenvalue weighted by atomic mass is 35.5. The first-order valence-electron chi connectivity index (χ1n) is 22.3. The molecule has 0 aliphatic carbocycles. The summed E-state index contributed by atoms with van der Waals surface area (Å²) in [4.78, 5) is 40.0. The molecule has 5 aromatic rings. The van der Waals surface area contributed by atoms with Crippen LogP contribution in [0, 0.1) is 5.92 Å². The van der Waals surface area contributed by atoms with E-state index >= 15 is 0 Å². The van der Waals surface area contributed by atoms with Crippen LogP contribution < -0.4 is 14.9 Å². The number of nitrogens with zero attached hydrogens (tertiary/aromatic N) is 2. The quantitative estimate of drug-likeness (QED) is 0.0278. The maximum Gasteiger partial charge on any atom is 0.501 e. The summed E-state index contributed by atoms with van der Waals surface area (Å²) in [5.74, 6) is -1.68. The van der Waals surface area contributed by atoms with Crippen LogP contribution in [-0.2, 0) is 24.2 Å². The number of ether oxygens (including phenoxy) is 1. The Morgan fingerprint density at radius 3 is 2.25 bits per heavy atom. The topological polar surface area (TPSA) is 166 Å². The Kier molecular flexibility index (Phi) is 19.3. The van der Waals surface area contributed by atoms with Crippen LogP contribution in [0.1, 0.15) is 60.6 Å². The van der Waals surface area contributed by atoms with Gasteiger partial charge < -0.3 is 30.1 Å². The number of halogens is 4. The maximum absolute atomic E-state index is 14.2. The van der Waals surface area contributed by atoms with Crippen LogP contribution >= 0.6 is 35.3 Å². The normalized spacial score (nSPS) is 14.3. The van der Waals surface area contributed by atoms with Crippen LogP contribution in [0.3, 0.4) is 0 Å². The van der Waals surface area contributed by atoms with Gasteiger partial charge in [0.25, 0.3) is 15.7 Å². The number of thioether (sulfide) groups is 1. The van der Waals surface area contributed by atoms with Crippen molar-refractivity contribution >= 4 is 74.4 Å². The first kappa shape index (κ1) is 53.1. The van der Waals surface area contributed by atoms with E-state index in [4.69, 9.17) is 21.4 Å². The number of anilines is 2. The van der Waals surface area contributed by atoms with Gasteiger partial charge in [0.15, 0.2) is 0 Å². The number of carboxylic acids is 1. The molecule has 1 amide bonds. The van der Waals surface area contributed by atoms with Crippen molar-refractivity contribution in [1.29, 1.82) is 0 Å². The van der Waals surface area contributed by atoms with Crippen molar-refractivity contribution in [2.45, 2.75) is 70.9 Å². The number of aliphatic hydroxyl groups is 1. The molecule has 0 saturated carbocycles. The van der Waals surface area contributed by atoms with E-state index < -0.39 is 50.2 Å². The number of sulfone groups is 1. The van der Waals surface area contributed by atoms with Crippen LogP contribution in [0.15, 0.2) is 136 Å². The lowest BCUT2D eigenvalue weighted by molar-refractivity contribution is -0.144. The molecule has 1 heterocycles. The number of carbonyl (C=O) groups excluding carboxylic acids is 2. The fraction of sp³-hybridized carbons (Fsp3) is 0.340. The number of piperidine rings is 1. The average Bonchev–Trinajstić information content (AvgIpc) is 3.34. The number of hydrogen-bond donors (Lipinski definition) is 4. The highest BCUT2D eigenvalue weighted by molar-refractivity contribution is 7.99. The minimum absolute atomic E-state index is 0.0290. The molecule has 6 rings (SSSR count). The summed E-state index contributed by atoms with van der Waals surface area (Å²) in [6, 6.07) is 34.6. The molecule has 1 aliphatic rings. The summed E-state index contributed by atoms with van der Waals surface area (Å²) < 4.78 is 76.6. The summed E-state index contributed by atoms with van der Waals surface area (Å²) in [7, 11) is -4.08. The minimum atomic E-state index is -5.86. The van der Waals surface area contributed by atoms with E-state index in [-0.39, 0.29) is 47.9 Å². The molecule has 0 bridgehead atoms. The molecule has 0 spiro atoms.